The molecule has 3 aromatic rings. The van der Waals surface area contributed by atoms with E-state index in [0.717, 1.165) is 6.07 Å². The van der Waals surface area contributed by atoms with Gasteiger partial charge in [0.25, 0.3) is 0 Å². The van der Waals surface area contributed by atoms with Crippen molar-refractivity contribution in [2.24, 2.45) is 0 Å². The molecular weight excluding hydrogens is 328 g/mol. The van der Waals surface area contributed by atoms with Gasteiger partial charge in [-0.3, -0.25) is 4.79 Å². The van der Waals surface area contributed by atoms with Gasteiger partial charge in [-0.1, -0.05) is 12.1 Å². The van der Waals surface area contributed by atoms with Crippen molar-refractivity contribution in [3.05, 3.63) is 69.5 Å². The van der Waals surface area contributed by atoms with E-state index in [1.54, 1.807) is 31.2 Å². The molecule has 0 spiro atoms. The molecule has 0 bridgehead atoms. The predicted octanol–water partition coefficient (Wildman–Crippen LogP) is 2.84. The fourth-order valence-electron chi connectivity index (χ4n) is 2.34. The SMILES string of the molecule is COC(=O)c1cc(COC(=O)c2cc(=O)c3ccccc3o2)oc1C. The first-order valence-electron chi connectivity index (χ1n) is 7.37. The monoisotopic (exact) mass is 342 g/mol. The predicted molar refractivity (Wildman–Crippen MR) is 86.4 cm³/mol. The molecular formula is C18H14O7. The number of hydrogen-bond acceptors (Lipinski definition) is 7. The smallest absolute Gasteiger partial charge is 0.374 e. The van der Waals surface area contributed by atoms with E-state index in [9.17, 15) is 14.4 Å². The number of fused-ring (bicyclic) bond motifs is 1. The maximum absolute atomic E-state index is 12.1. The lowest BCUT2D eigenvalue weighted by Crippen LogP contribution is -2.10. The second-order valence-electron chi connectivity index (χ2n) is 5.22. The van der Waals surface area contributed by atoms with Crippen LogP contribution in [-0.2, 0) is 16.1 Å². The Kier molecular flexibility index (Phi) is 4.38. The highest BCUT2D eigenvalue weighted by atomic mass is 16.6. The van der Waals surface area contributed by atoms with Gasteiger partial charge in [0.05, 0.1) is 12.5 Å². The van der Waals surface area contributed by atoms with Crippen molar-refractivity contribution in [2.45, 2.75) is 13.5 Å². The highest BCUT2D eigenvalue weighted by molar-refractivity contribution is 5.90. The summed E-state index contributed by atoms with van der Waals surface area (Å²) in [5, 5.41) is 0.378. The van der Waals surface area contributed by atoms with Gasteiger partial charge in [0, 0.05) is 6.07 Å². The number of rotatable bonds is 4. The van der Waals surface area contributed by atoms with Crippen LogP contribution in [0.2, 0.25) is 0 Å². The number of ether oxygens (including phenoxy) is 2. The van der Waals surface area contributed by atoms with Crippen molar-refractivity contribution in [2.75, 3.05) is 7.11 Å². The van der Waals surface area contributed by atoms with E-state index in [0.29, 0.717) is 16.7 Å². The third-order valence-corrected chi connectivity index (χ3v) is 3.56. The molecule has 1 aromatic carbocycles. The molecule has 7 heteroatoms. The van der Waals surface area contributed by atoms with E-state index in [-0.39, 0.29) is 29.1 Å². The Balaban J connectivity index is 1.77. The van der Waals surface area contributed by atoms with Crippen LogP contribution in [0.15, 0.2) is 50.0 Å². The molecule has 0 aliphatic heterocycles. The average molecular weight is 342 g/mol. The molecule has 25 heavy (non-hydrogen) atoms. The number of para-hydroxylation sites is 1. The highest BCUT2D eigenvalue weighted by Gasteiger charge is 2.18. The van der Waals surface area contributed by atoms with Crippen LogP contribution in [0.3, 0.4) is 0 Å². The molecule has 0 aliphatic carbocycles. The third-order valence-electron chi connectivity index (χ3n) is 3.56. The quantitative estimate of drug-likeness (QED) is 0.673. The molecule has 0 atom stereocenters. The molecule has 0 saturated heterocycles. The molecule has 0 amide bonds. The van der Waals surface area contributed by atoms with E-state index in [1.165, 1.54) is 13.2 Å². The van der Waals surface area contributed by atoms with Gasteiger partial charge in [-0.2, -0.15) is 0 Å². The molecule has 0 unspecified atom stereocenters. The Morgan fingerprint density at radius 1 is 1.08 bits per heavy atom. The molecule has 128 valence electrons. The van der Waals surface area contributed by atoms with Gasteiger partial charge >= 0.3 is 11.9 Å². The van der Waals surface area contributed by atoms with E-state index in [1.807, 2.05) is 0 Å². The number of hydrogen-bond donors (Lipinski definition) is 0. The van der Waals surface area contributed by atoms with Crippen molar-refractivity contribution < 1.29 is 27.9 Å². The highest BCUT2D eigenvalue weighted by Crippen LogP contribution is 2.18. The fraction of sp³-hybridized carbons (Fsp3) is 0.167. The lowest BCUT2D eigenvalue weighted by atomic mass is 10.2. The van der Waals surface area contributed by atoms with Crippen LogP contribution in [0, 0.1) is 6.92 Å². The van der Waals surface area contributed by atoms with Gasteiger partial charge < -0.3 is 18.3 Å². The standard InChI is InChI=1S/C18H14O7/c1-10-13(17(20)22-2)7-11(24-10)9-23-18(21)16-8-14(19)12-5-3-4-6-15(12)25-16/h3-8H,9H2,1-2H3. The Hall–Kier alpha value is -3.35. The van der Waals surface area contributed by atoms with Crippen LogP contribution in [0.25, 0.3) is 11.0 Å². The zero-order chi connectivity index (χ0) is 18.0. The van der Waals surface area contributed by atoms with Crippen LogP contribution in [0.4, 0.5) is 0 Å². The summed E-state index contributed by atoms with van der Waals surface area (Å²) in [5.41, 5.74) is 0.213. The first kappa shape index (κ1) is 16.5. The first-order chi connectivity index (χ1) is 12.0. The summed E-state index contributed by atoms with van der Waals surface area (Å²) in [7, 11) is 1.26. The molecule has 2 heterocycles. The summed E-state index contributed by atoms with van der Waals surface area (Å²) in [5.74, 6) is -0.930. The van der Waals surface area contributed by atoms with Crippen molar-refractivity contribution in [3.63, 3.8) is 0 Å². The second kappa shape index (κ2) is 6.64. The van der Waals surface area contributed by atoms with Gasteiger partial charge in [0.1, 0.15) is 29.3 Å². The Labute approximate surface area is 141 Å². The van der Waals surface area contributed by atoms with Crippen molar-refractivity contribution >= 4 is 22.9 Å². The van der Waals surface area contributed by atoms with Crippen LogP contribution >= 0.6 is 0 Å². The largest absolute Gasteiger partial charge is 0.465 e. The molecule has 3 rings (SSSR count). The van der Waals surface area contributed by atoms with Crippen LogP contribution < -0.4 is 5.43 Å². The summed E-state index contributed by atoms with van der Waals surface area (Å²) < 4.78 is 20.5. The lowest BCUT2D eigenvalue weighted by molar-refractivity contribution is 0.0408. The van der Waals surface area contributed by atoms with Crippen molar-refractivity contribution in [1.29, 1.82) is 0 Å². The number of methoxy groups -OCH3 is 1. The minimum atomic E-state index is -0.809. The topological polar surface area (TPSA) is 96.0 Å². The average Bonchev–Trinajstić information content (AvgIpc) is 2.99. The Morgan fingerprint density at radius 3 is 2.60 bits per heavy atom. The molecule has 0 saturated carbocycles. The van der Waals surface area contributed by atoms with Gasteiger partial charge in [0.2, 0.25) is 5.76 Å². The fourth-order valence-corrected chi connectivity index (χ4v) is 2.34. The zero-order valence-electron chi connectivity index (χ0n) is 13.5. The number of carbonyl (C=O) groups is 2. The molecule has 0 fully saturated rings. The maximum Gasteiger partial charge on any atom is 0.374 e. The minimum absolute atomic E-state index is 0.208. The summed E-state index contributed by atoms with van der Waals surface area (Å²) in [6, 6.07) is 9.11. The summed E-state index contributed by atoms with van der Waals surface area (Å²) in [6.07, 6.45) is 0. The molecule has 0 radical (unpaired) electrons. The Bertz CT molecular complexity index is 1010. The summed E-state index contributed by atoms with van der Waals surface area (Å²) in [4.78, 5) is 35.6. The lowest BCUT2D eigenvalue weighted by Gasteiger charge is -2.03. The summed E-state index contributed by atoms with van der Waals surface area (Å²) in [6.45, 7) is 1.38. The van der Waals surface area contributed by atoms with E-state index in [2.05, 4.69) is 4.74 Å². The van der Waals surface area contributed by atoms with Gasteiger partial charge in [-0.15, -0.1) is 0 Å². The van der Waals surface area contributed by atoms with E-state index >= 15 is 0 Å². The molecule has 7 nitrogen and oxygen atoms in total. The number of benzene rings is 1. The molecule has 2 aromatic heterocycles. The number of furan rings is 1. The minimum Gasteiger partial charge on any atom is -0.465 e. The van der Waals surface area contributed by atoms with Crippen molar-refractivity contribution in [1.82, 2.24) is 0 Å². The number of aryl methyl sites for hydroxylation is 1. The van der Waals surface area contributed by atoms with Gasteiger partial charge in [0.15, 0.2) is 5.43 Å². The Morgan fingerprint density at radius 2 is 1.84 bits per heavy atom. The van der Waals surface area contributed by atoms with Crippen LogP contribution in [-0.4, -0.2) is 19.0 Å². The van der Waals surface area contributed by atoms with Gasteiger partial charge in [-0.25, -0.2) is 9.59 Å². The van der Waals surface area contributed by atoms with Gasteiger partial charge in [-0.05, 0) is 25.1 Å². The van der Waals surface area contributed by atoms with E-state index < -0.39 is 11.9 Å². The number of esters is 2. The van der Waals surface area contributed by atoms with Crippen LogP contribution in [0.5, 0.6) is 0 Å². The van der Waals surface area contributed by atoms with Crippen molar-refractivity contribution in [3.8, 4) is 0 Å². The molecule has 0 N–H and O–H groups in total. The normalized spacial score (nSPS) is 10.6. The maximum atomic E-state index is 12.1. The molecule has 0 aliphatic rings. The van der Waals surface area contributed by atoms with E-state index in [4.69, 9.17) is 13.6 Å². The number of carbonyl (C=O) groups excluding carboxylic acids is 2. The summed E-state index contributed by atoms with van der Waals surface area (Å²) >= 11 is 0. The zero-order valence-corrected chi connectivity index (χ0v) is 13.5. The van der Waals surface area contributed by atoms with Crippen LogP contribution in [0.1, 0.15) is 32.4 Å². The third kappa shape index (κ3) is 3.30. The first-order valence-corrected chi connectivity index (χ1v) is 7.37. The second-order valence-corrected chi connectivity index (χ2v) is 5.22.